The average Bonchev–Trinajstić information content (AvgIpc) is 2.44. The summed E-state index contributed by atoms with van der Waals surface area (Å²) >= 11 is 3.46. The predicted octanol–water partition coefficient (Wildman–Crippen LogP) is 3.92. The Labute approximate surface area is 134 Å². The molecule has 1 atom stereocenters. The first-order valence-electron chi connectivity index (χ1n) is 6.92. The molecule has 2 aromatic carbocycles. The van der Waals surface area contributed by atoms with Gasteiger partial charge in [-0.2, -0.15) is 0 Å². The zero-order valence-corrected chi connectivity index (χ0v) is 13.9. The van der Waals surface area contributed by atoms with Crippen molar-refractivity contribution in [1.82, 2.24) is 0 Å². The van der Waals surface area contributed by atoms with Gasteiger partial charge in [-0.1, -0.05) is 18.2 Å². The summed E-state index contributed by atoms with van der Waals surface area (Å²) < 4.78 is 6.53. The van der Waals surface area contributed by atoms with Gasteiger partial charge in [0.15, 0.2) is 0 Å². The van der Waals surface area contributed by atoms with Crippen molar-refractivity contribution in [1.29, 1.82) is 0 Å². The van der Waals surface area contributed by atoms with Crippen molar-refractivity contribution < 1.29 is 9.84 Å². The maximum Gasteiger partial charge on any atom is 0.133 e. The van der Waals surface area contributed by atoms with Gasteiger partial charge in [0.25, 0.3) is 0 Å². The zero-order chi connectivity index (χ0) is 15.2. The summed E-state index contributed by atoms with van der Waals surface area (Å²) in [5.41, 5.74) is 3.36. The van der Waals surface area contributed by atoms with Crippen LogP contribution in [-0.4, -0.2) is 24.4 Å². The molecule has 0 bridgehead atoms. The van der Waals surface area contributed by atoms with Crippen LogP contribution >= 0.6 is 15.9 Å². The number of hydrogen-bond acceptors (Lipinski definition) is 3. The molecule has 0 amide bonds. The molecule has 0 fully saturated rings. The Hall–Kier alpha value is -1.52. The van der Waals surface area contributed by atoms with Crippen molar-refractivity contribution in [2.45, 2.75) is 20.0 Å². The molecule has 0 spiro atoms. The molecular formula is C17H20BrNO2. The third kappa shape index (κ3) is 5.06. The van der Waals surface area contributed by atoms with Gasteiger partial charge in [0, 0.05) is 12.2 Å². The second kappa shape index (κ2) is 7.48. The smallest absolute Gasteiger partial charge is 0.133 e. The first kappa shape index (κ1) is 15.9. The summed E-state index contributed by atoms with van der Waals surface area (Å²) in [6.07, 6.45) is -0.571. The third-order valence-corrected chi connectivity index (χ3v) is 3.70. The molecule has 1 unspecified atom stereocenters. The molecule has 0 radical (unpaired) electrons. The molecule has 112 valence electrons. The number of aliphatic hydroxyl groups excluding tert-OH is 1. The summed E-state index contributed by atoms with van der Waals surface area (Å²) in [5, 5.41) is 13.2. The molecule has 0 aliphatic heterocycles. The highest BCUT2D eigenvalue weighted by molar-refractivity contribution is 9.10. The standard InChI is InChI=1S/C17H20BrNO2/c1-12-4-3-5-14(8-12)19-10-15(20)11-21-17-7-6-13(2)9-16(17)18/h3-9,15,19-20H,10-11H2,1-2H3. The maximum atomic E-state index is 9.98. The van der Waals surface area contributed by atoms with Crippen molar-refractivity contribution in [2.75, 3.05) is 18.5 Å². The molecule has 0 heterocycles. The van der Waals surface area contributed by atoms with Crippen LogP contribution in [0.5, 0.6) is 5.75 Å². The Balaban J connectivity index is 1.80. The second-order valence-corrected chi connectivity index (χ2v) is 6.00. The van der Waals surface area contributed by atoms with Crippen molar-refractivity contribution in [3.63, 3.8) is 0 Å². The molecular weight excluding hydrogens is 330 g/mol. The van der Waals surface area contributed by atoms with Crippen molar-refractivity contribution >= 4 is 21.6 Å². The van der Waals surface area contributed by atoms with E-state index in [9.17, 15) is 5.11 Å². The Bertz CT molecular complexity index is 601. The van der Waals surface area contributed by atoms with E-state index in [0.717, 1.165) is 21.5 Å². The van der Waals surface area contributed by atoms with Crippen LogP contribution in [0.4, 0.5) is 5.69 Å². The van der Waals surface area contributed by atoms with E-state index >= 15 is 0 Å². The van der Waals surface area contributed by atoms with E-state index in [1.54, 1.807) is 0 Å². The van der Waals surface area contributed by atoms with Gasteiger partial charge >= 0.3 is 0 Å². The molecule has 0 saturated carbocycles. The van der Waals surface area contributed by atoms with E-state index in [0.29, 0.717) is 6.54 Å². The lowest BCUT2D eigenvalue weighted by molar-refractivity contribution is 0.117. The predicted molar refractivity (Wildman–Crippen MR) is 90.0 cm³/mol. The number of hydrogen-bond donors (Lipinski definition) is 2. The minimum Gasteiger partial charge on any atom is -0.490 e. The van der Waals surface area contributed by atoms with Crippen LogP contribution in [0.3, 0.4) is 0 Å². The van der Waals surface area contributed by atoms with Crippen LogP contribution in [0.2, 0.25) is 0 Å². The SMILES string of the molecule is Cc1cccc(NCC(O)COc2ccc(C)cc2Br)c1. The van der Waals surface area contributed by atoms with Crippen LogP contribution < -0.4 is 10.1 Å². The quantitative estimate of drug-likeness (QED) is 0.830. The number of ether oxygens (including phenoxy) is 1. The van der Waals surface area contributed by atoms with E-state index < -0.39 is 6.10 Å². The minimum absolute atomic E-state index is 0.250. The molecule has 0 aliphatic carbocycles. The van der Waals surface area contributed by atoms with E-state index in [2.05, 4.69) is 21.2 Å². The normalized spacial score (nSPS) is 12.0. The third-order valence-electron chi connectivity index (χ3n) is 3.08. The number of aliphatic hydroxyl groups is 1. The fourth-order valence-corrected chi connectivity index (χ4v) is 2.57. The van der Waals surface area contributed by atoms with Gasteiger partial charge in [0.1, 0.15) is 18.5 Å². The molecule has 2 N–H and O–H groups in total. The van der Waals surface area contributed by atoms with Gasteiger partial charge in [-0.05, 0) is 65.2 Å². The summed E-state index contributed by atoms with van der Waals surface area (Å²) in [5.74, 6) is 0.746. The second-order valence-electron chi connectivity index (χ2n) is 5.15. The van der Waals surface area contributed by atoms with Crippen LogP contribution in [-0.2, 0) is 0 Å². The van der Waals surface area contributed by atoms with Crippen LogP contribution in [0.1, 0.15) is 11.1 Å². The summed E-state index contributed by atoms with van der Waals surface area (Å²) in [4.78, 5) is 0. The highest BCUT2D eigenvalue weighted by Crippen LogP contribution is 2.25. The van der Waals surface area contributed by atoms with Crippen LogP contribution in [0.25, 0.3) is 0 Å². The van der Waals surface area contributed by atoms with E-state index in [4.69, 9.17) is 4.74 Å². The van der Waals surface area contributed by atoms with Crippen LogP contribution in [0.15, 0.2) is 46.9 Å². The van der Waals surface area contributed by atoms with E-state index in [1.807, 2.05) is 56.3 Å². The van der Waals surface area contributed by atoms with Crippen molar-refractivity contribution in [2.24, 2.45) is 0 Å². The van der Waals surface area contributed by atoms with Gasteiger partial charge in [-0.25, -0.2) is 0 Å². The zero-order valence-electron chi connectivity index (χ0n) is 12.3. The van der Waals surface area contributed by atoms with E-state index in [1.165, 1.54) is 5.56 Å². The number of benzene rings is 2. The van der Waals surface area contributed by atoms with Gasteiger partial charge in [0.05, 0.1) is 4.47 Å². The van der Waals surface area contributed by atoms with Crippen LogP contribution in [0, 0.1) is 13.8 Å². The molecule has 0 aliphatic rings. The molecule has 2 aromatic rings. The van der Waals surface area contributed by atoms with Gasteiger partial charge < -0.3 is 15.2 Å². The summed E-state index contributed by atoms with van der Waals surface area (Å²) in [6, 6.07) is 13.9. The van der Waals surface area contributed by atoms with Gasteiger partial charge in [-0.3, -0.25) is 0 Å². The first-order chi connectivity index (χ1) is 10.0. The average molecular weight is 350 g/mol. The number of halogens is 1. The number of aryl methyl sites for hydroxylation is 2. The molecule has 0 aromatic heterocycles. The fourth-order valence-electron chi connectivity index (χ4n) is 1.96. The lowest BCUT2D eigenvalue weighted by Gasteiger charge is -2.15. The molecule has 4 heteroatoms. The number of nitrogens with one attached hydrogen (secondary N) is 1. The van der Waals surface area contributed by atoms with Gasteiger partial charge in [-0.15, -0.1) is 0 Å². The molecule has 0 saturated heterocycles. The largest absolute Gasteiger partial charge is 0.490 e. The maximum absolute atomic E-state index is 9.98. The highest BCUT2D eigenvalue weighted by atomic mass is 79.9. The van der Waals surface area contributed by atoms with Crippen molar-refractivity contribution in [3.8, 4) is 5.75 Å². The topological polar surface area (TPSA) is 41.5 Å². The minimum atomic E-state index is -0.571. The number of anilines is 1. The van der Waals surface area contributed by atoms with Gasteiger partial charge in [0.2, 0.25) is 0 Å². The Morgan fingerprint density at radius 1 is 1.14 bits per heavy atom. The summed E-state index contributed by atoms with van der Waals surface area (Å²) in [7, 11) is 0. The Morgan fingerprint density at radius 3 is 2.62 bits per heavy atom. The lowest BCUT2D eigenvalue weighted by Crippen LogP contribution is -2.26. The molecule has 3 nitrogen and oxygen atoms in total. The lowest BCUT2D eigenvalue weighted by atomic mass is 10.2. The highest BCUT2D eigenvalue weighted by Gasteiger charge is 2.07. The molecule has 2 rings (SSSR count). The van der Waals surface area contributed by atoms with Crippen molar-refractivity contribution in [3.05, 3.63) is 58.1 Å². The monoisotopic (exact) mass is 349 g/mol. The molecule has 21 heavy (non-hydrogen) atoms. The number of rotatable bonds is 6. The van der Waals surface area contributed by atoms with E-state index in [-0.39, 0.29) is 6.61 Å². The fraction of sp³-hybridized carbons (Fsp3) is 0.294. The Morgan fingerprint density at radius 2 is 1.90 bits per heavy atom. The summed E-state index contributed by atoms with van der Waals surface area (Å²) in [6.45, 7) is 4.77. The Kier molecular flexibility index (Phi) is 5.65. The first-order valence-corrected chi connectivity index (χ1v) is 7.71.